The lowest BCUT2D eigenvalue weighted by molar-refractivity contribution is -0.139. The van der Waals surface area contributed by atoms with Gasteiger partial charge in [0, 0.05) is 10.7 Å². The summed E-state index contributed by atoms with van der Waals surface area (Å²) in [5, 5.41) is 4.23. The van der Waals surface area contributed by atoms with Crippen LogP contribution in [0.1, 0.15) is 44.9 Å². The molecule has 4 bridgehead atoms. The van der Waals surface area contributed by atoms with Crippen LogP contribution in [-0.2, 0) is 9.59 Å². The molecule has 0 saturated heterocycles. The molecule has 0 aromatic carbocycles. The van der Waals surface area contributed by atoms with Crippen LogP contribution in [-0.4, -0.2) is 35.4 Å². The summed E-state index contributed by atoms with van der Waals surface area (Å²) in [6.45, 7) is -1.78. The van der Waals surface area contributed by atoms with Gasteiger partial charge in [-0.3, -0.25) is 9.59 Å². The third-order valence-corrected chi connectivity index (χ3v) is 6.51. The summed E-state index contributed by atoms with van der Waals surface area (Å²) in [7, 11) is 0. The van der Waals surface area contributed by atoms with Gasteiger partial charge in [0.05, 0.1) is 6.54 Å². The van der Waals surface area contributed by atoms with E-state index in [1.54, 1.807) is 5.32 Å². The van der Waals surface area contributed by atoms with Crippen molar-refractivity contribution in [3.63, 3.8) is 0 Å². The lowest BCUT2D eigenvalue weighted by Crippen LogP contribution is -2.54. The van der Waals surface area contributed by atoms with E-state index in [1.807, 2.05) is 0 Å². The van der Waals surface area contributed by atoms with Gasteiger partial charge in [-0.25, -0.2) is 0 Å². The first kappa shape index (κ1) is 18.0. The van der Waals surface area contributed by atoms with Crippen LogP contribution in [0.3, 0.4) is 0 Å². The van der Waals surface area contributed by atoms with Gasteiger partial charge >= 0.3 is 6.18 Å². The Bertz CT molecular complexity index is 524. The van der Waals surface area contributed by atoms with E-state index in [2.05, 4.69) is 21.2 Å². The van der Waals surface area contributed by atoms with Gasteiger partial charge in [-0.15, -0.1) is 0 Å². The lowest BCUT2D eigenvalue weighted by atomic mass is 9.48. The smallest absolute Gasteiger partial charge is 0.347 e. The molecular formula is C16H22BrF3N2O2. The molecule has 2 amide bonds. The van der Waals surface area contributed by atoms with Crippen molar-refractivity contribution in [3.8, 4) is 0 Å². The molecule has 4 aliphatic carbocycles. The van der Waals surface area contributed by atoms with Crippen LogP contribution >= 0.6 is 15.9 Å². The molecule has 24 heavy (non-hydrogen) atoms. The molecule has 2 unspecified atom stereocenters. The lowest BCUT2D eigenvalue weighted by Gasteiger charge is -2.60. The third kappa shape index (κ3) is 4.24. The van der Waals surface area contributed by atoms with Gasteiger partial charge in [0.2, 0.25) is 11.8 Å². The van der Waals surface area contributed by atoms with E-state index in [-0.39, 0.29) is 15.6 Å². The van der Waals surface area contributed by atoms with Gasteiger partial charge in [0.25, 0.3) is 0 Å². The summed E-state index contributed by atoms with van der Waals surface area (Å²) >= 11 is 3.88. The maximum absolute atomic E-state index is 12.2. The number of carbonyl (C=O) groups is 2. The number of halogens is 4. The zero-order valence-electron chi connectivity index (χ0n) is 13.3. The molecule has 2 atom stereocenters. The van der Waals surface area contributed by atoms with Crippen molar-refractivity contribution in [3.05, 3.63) is 0 Å². The predicted octanol–water partition coefficient (Wildman–Crippen LogP) is 2.91. The topological polar surface area (TPSA) is 58.2 Å². The molecule has 4 nitrogen and oxygen atoms in total. The molecule has 4 aliphatic rings. The van der Waals surface area contributed by atoms with E-state index >= 15 is 0 Å². The summed E-state index contributed by atoms with van der Waals surface area (Å²) in [5.41, 5.74) is -0.0138. The Balaban J connectivity index is 1.48. The van der Waals surface area contributed by atoms with E-state index in [9.17, 15) is 22.8 Å². The molecule has 0 spiro atoms. The van der Waals surface area contributed by atoms with Crippen molar-refractivity contribution in [2.75, 3.05) is 13.1 Å². The highest BCUT2D eigenvalue weighted by molar-refractivity contribution is 9.10. The van der Waals surface area contributed by atoms with Crippen LogP contribution in [0.4, 0.5) is 13.2 Å². The summed E-state index contributed by atoms with van der Waals surface area (Å²) in [5.74, 6) is 0.264. The first-order valence-electron chi connectivity index (χ1n) is 8.36. The first-order chi connectivity index (χ1) is 11.1. The van der Waals surface area contributed by atoms with Gasteiger partial charge in [-0.2, -0.15) is 13.2 Å². The van der Waals surface area contributed by atoms with E-state index in [0.717, 1.165) is 19.3 Å². The Labute approximate surface area is 147 Å². The molecule has 0 heterocycles. The number of carbonyl (C=O) groups excluding carboxylic acids is 2. The molecule has 4 fully saturated rings. The second kappa shape index (κ2) is 6.18. The van der Waals surface area contributed by atoms with Gasteiger partial charge in [0.15, 0.2) is 0 Å². The predicted molar refractivity (Wildman–Crippen MR) is 85.5 cm³/mol. The maximum atomic E-state index is 12.2. The zero-order chi connectivity index (χ0) is 17.6. The van der Waals surface area contributed by atoms with Crippen molar-refractivity contribution >= 4 is 27.7 Å². The van der Waals surface area contributed by atoms with E-state index in [0.29, 0.717) is 18.3 Å². The molecule has 0 aliphatic heterocycles. The van der Waals surface area contributed by atoms with Crippen molar-refractivity contribution in [1.82, 2.24) is 10.6 Å². The molecule has 0 aromatic rings. The number of hydrogen-bond acceptors (Lipinski definition) is 2. The fraction of sp³-hybridized carbons (Fsp3) is 0.875. The van der Waals surface area contributed by atoms with E-state index in [4.69, 9.17) is 0 Å². The molecule has 0 aromatic heterocycles. The molecule has 8 heteroatoms. The minimum absolute atomic E-state index is 0.0138. The highest BCUT2D eigenvalue weighted by Crippen LogP contribution is 2.65. The van der Waals surface area contributed by atoms with Crippen molar-refractivity contribution in [1.29, 1.82) is 0 Å². The van der Waals surface area contributed by atoms with Crippen molar-refractivity contribution in [2.45, 2.75) is 55.4 Å². The minimum atomic E-state index is -4.44. The normalized spacial score (nSPS) is 37.3. The van der Waals surface area contributed by atoms with Crippen LogP contribution in [0, 0.1) is 17.3 Å². The summed E-state index contributed by atoms with van der Waals surface area (Å²) < 4.78 is 36.3. The average molecular weight is 411 g/mol. The van der Waals surface area contributed by atoms with Gasteiger partial charge in [-0.05, 0) is 55.8 Å². The Hall–Kier alpha value is -0.790. The summed E-state index contributed by atoms with van der Waals surface area (Å²) in [4.78, 5) is 23.6. The number of alkyl halides is 4. The molecule has 2 N–H and O–H groups in total. The van der Waals surface area contributed by atoms with E-state index in [1.165, 1.54) is 19.3 Å². The third-order valence-electron chi connectivity index (χ3n) is 5.58. The summed E-state index contributed by atoms with van der Waals surface area (Å²) in [6, 6.07) is 0. The summed E-state index contributed by atoms with van der Waals surface area (Å²) in [6.07, 6.45) is 2.58. The zero-order valence-corrected chi connectivity index (χ0v) is 14.9. The van der Waals surface area contributed by atoms with Crippen molar-refractivity contribution < 1.29 is 22.8 Å². The molecule has 136 valence electrons. The monoisotopic (exact) mass is 410 g/mol. The average Bonchev–Trinajstić information content (AvgIpc) is 2.38. The number of amides is 2. The van der Waals surface area contributed by atoms with Crippen molar-refractivity contribution in [2.24, 2.45) is 17.3 Å². The highest BCUT2D eigenvalue weighted by Gasteiger charge is 2.57. The fourth-order valence-corrected chi connectivity index (χ4v) is 6.90. The van der Waals surface area contributed by atoms with Crippen LogP contribution in [0.25, 0.3) is 0 Å². The Morgan fingerprint density at radius 2 is 1.67 bits per heavy atom. The quantitative estimate of drug-likeness (QED) is 0.684. The second-order valence-corrected chi connectivity index (χ2v) is 9.64. The van der Waals surface area contributed by atoms with Gasteiger partial charge < -0.3 is 10.6 Å². The Morgan fingerprint density at radius 1 is 1.04 bits per heavy atom. The Morgan fingerprint density at radius 3 is 2.21 bits per heavy atom. The van der Waals surface area contributed by atoms with Crippen LogP contribution < -0.4 is 10.6 Å². The van der Waals surface area contributed by atoms with Crippen LogP contribution in [0.15, 0.2) is 0 Å². The van der Waals surface area contributed by atoms with E-state index < -0.39 is 25.2 Å². The van der Waals surface area contributed by atoms with Crippen LogP contribution in [0.2, 0.25) is 0 Å². The fourth-order valence-electron chi connectivity index (χ4n) is 5.39. The maximum Gasteiger partial charge on any atom is 0.405 e. The number of rotatable bonds is 5. The highest BCUT2D eigenvalue weighted by atomic mass is 79.9. The van der Waals surface area contributed by atoms with Gasteiger partial charge in [0.1, 0.15) is 6.54 Å². The largest absolute Gasteiger partial charge is 0.405 e. The molecule has 4 saturated carbocycles. The second-order valence-electron chi connectivity index (χ2n) is 7.96. The SMILES string of the molecule is O=C(CNC(=O)CC12CC3CC(CC(Br)(C3)C1)C2)NCC(F)(F)F. The number of nitrogens with one attached hydrogen (secondary N) is 2. The molecular weight excluding hydrogens is 389 g/mol. The first-order valence-corrected chi connectivity index (χ1v) is 9.15. The number of hydrogen-bond donors (Lipinski definition) is 2. The molecule has 0 radical (unpaired) electrons. The Kier molecular flexibility index (Phi) is 4.64. The minimum Gasteiger partial charge on any atom is -0.347 e. The van der Waals surface area contributed by atoms with Crippen LogP contribution in [0.5, 0.6) is 0 Å². The van der Waals surface area contributed by atoms with Gasteiger partial charge in [-0.1, -0.05) is 15.9 Å². The standard InChI is InChI=1S/C16H22BrF3N2O2/c17-15-4-10-1-11(5-15)3-14(2-10,8-15)6-12(23)21-7-13(24)22-9-16(18,19)20/h10-11H,1-9H2,(H,21,23)(H,22,24). The molecule has 4 rings (SSSR count).